The maximum Gasteiger partial charge on any atom is 0.248 e. The van der Waals surface area contributed by atoms with Gasteiger partial charge in [0.05, 0.1) is 5.69 Å². The summed E-state index contributed by atoms with van der Waals surface area (Å²) in [7, 11) is 0. The Balaban J connectivity index is 1.52. The zero-order valence-corrected chi connectivity index (χ0v) is 15.8. The first kappa shape index (κ1) is 18.4. The minimum Gasteiger partial charge on any atom is -0.454 e. The van der Waals surface area contributed by atoms with E-state index in [0.29, 0.717) is 17.2 Å². The molecule has 2 aromatic rings. The minimum absolute atomic E-state index is 0.114. The van der Waals surface area contributed by atoms with E-state index in [-0.39, 0.29) is 24.5 Å². The van der Waals surface area contributed by atoms with E-state index in [1.54, 1.807) is 24.3 Å². The molecule has 0 spiro atoms. The molecule has 2 N–H and O–H groups in total. The topological polar surface area (TPSA) is 76.7 Å². The summed E-state index contributed by atoms with van der Waals surface area (Å²) in [6, 6.07) is 9.19. The fourth-order valence-corrected chi connectivity index (χ4v) is 3.53. The number of aryl methyl sites for hydroxylation is 1. The molecule has 0 unspecified atom stereocenters. The van der Waals surface area contributed by atoms with Crippen molar-refractivity contribution in [3.63, 3.8) is 0 Å². The van der Waals surface area contributed by atoms with Gasteiger partial charge in [0, 0.05) is 17.8 Å². The lowest BCUT2D eigenvalue weighted by atomic mass is 10.0. The molecule has 0 atom stereocenters. The second kappa shape index (κ2) is 7.94. The summed E-state index contributed by atoms with van der Waals surface area (Å²) < 4.78 is 10.6. The standard InChI is InChI=1S/C21H19ClN2O4/c22-11-20(26)24-21-14(5-4-13-2-1-3-16(13)21)6-9-19(25)23-15-7-8-17-18(10-15)28-12-27-17/h4-10H,1-3,11-12H2,(H,23,25)(H,24,26)/b9-6+. The van der Waals surface area contributed by atoms with Crippen LogP contribution in [0.15, 0.2) is 36.4 Å². The van der Waals surface area contributed by atoms with Crippen LogP contribution in [0.2, 0.25) is 0 Å². The van der Waals surface area contributed by atoms with Crippen molar-refractivity contribution in [1.29, 1.82) is 0 Å². The van der Waals surface area contributed by atoms with Gasteiger partial charge in [-0.2, -0.15) is 0 Å². The first-order valence-corrected chi connectivity index (χ1v) is 9.57. The number of carbonyl (C=O) groups is 2. The number of rotatable bonds is 5. The van der Waals surface area contributed by atoms with Crippen LogP contribution >= 0.6 is 11.6 Å². The fraction of sp³-hybridized carbons (Fsp3) is 0.238. The van der Waals surface area contributed by atoms with Crippen molar-refractivity contribution < 1.29 is 19.1 Å². The molecule has 0 aromatic heterocycles. The SMILES string of the molecule is O=C(/C=C/c1ccc2c(c1NC(=O)CCl)CCC2)Nc1ccc2c(c1)OCO2. The van der Waals surface area contributed by atoms with E-state index < -0.39 is 0 Å². The van der Waals surface area contributed by atoms with Crippen molar-refractivity contribution in [1.82, 2.24) is 0 Å². The van der Waals surface area contributed by atoms with Gasteiger partial charge in [-0.15, -0.1) is 11.6 Å². The van der Waals surface area contributed by atoms with E-state index in [4.69, 9.17) is 21.1 Å². The highest BCUT2D eigenvalue weighted by atomic mass is 35.5. The highest BCUT2D eigenvalue weighted by Gasteiger charge is 2.18. The number of ether oxygens (including phenoxy) is 2. The maximum atomic E-state index is 12.3. The predicted molar refractivity (Wildman–Crippen MR) is 108 cm³/mol. The fourth-order valence-electron chi connectivity index (χ4n) is 3.47. The van der Waals surface area contributed by atoms with Gasteiger partial charge in [-0.05, 0) is 54.2 Å². The van der Waals surface area contributed by atoms with Gasteiger partial charge in [0.25, 0.3) is 0 Å². The van der Waals surface area contributed by atoms with E-state index >= 15 is 0 Å². The molecule has 0 saturated heterocycles. The van der Waals surface area contributed by atoms with Gasteiger partial charge in [0.15, 0.2) is 11.5 Å². The molecule has 0 radical (unpaired) electrons. The summed E-state index contributed by atoms with van der Waals surface area (Å²) in [5.41, 5.74) is 4.49. The van der Waals surface area contributed by atoms with Gasteiger partial charge < -0.3 is 20.1 Å². The van der Waals surface area contributed by atoms with Gasteiger partial charge in [0.2, 0.25) is 18.6 Å². The van der Waals surface area contributed by atoms with E-state index in [1.165, 1.54) is 11.6 Å². The highest BCUT2D eigenvalue weighted by Crippen LogP contribution is 2.35. The summed E-state index contributed by atoms with van der Waals surface area (Å²) in [5.74, 6) is 0.602. The largest absolute Gasteiger partial charge is 0.454 e. The first-order valence-electron chi connectivity index (χ1n) is 9.03. The van der Waals surface area contributed by atoms with Gasteiger partial charge in [-0.3, -0.25) is 9.59 Å². The summed E-state index contributed by atoms with van der Waals surface area (Å²) in [5, 5.41) is 5.67. The number of amides is 2. The zero-order valence-electron chi connectivity index (χ0n) is 15.1. The number of halogens is 1. The molecular formula is C21H19ClN2O4. The molecule has 6 nitrogen and oxygen atoms in total. The van der Waals surface area contributed by atoms with Crippen LogP contribution in [0.25, 0.3) is 6.08 Å². The Labute approximate surface area is 167 Å². The van der Waals surface area contributed by atoms with Crippen LogP contribution in [0.3, 0.4) is 0 Å². The zero-order chi connectivity index (χ0) is 19.5. The lowest BCUT2D eigenvalue weighted by Crippen LogP contribution is -2.15. The maximum absolute atomic E-state index is 12.3. The summed E-state index contributed by atoms with van der Waals surface area (Å²) in [6.45, 7) is 0.182. The smallest absolute Gasteiger partial charge is 0.248 e. The lowest BCUT2D eigenvalue weighted by Gasteiger charge is -2.13. The lowest BCUT2D eigenvalue weighted by molar-refractivity contribution is -0.114. The molecule has 1 heterocycles. The Bertz CT molecular complexity index is 971. The number of alkyl halides is 1. The van der Waals surface area contributed by atoms with Crippen molar-refractivity contribution in [2.24, 2.45) is 0 Å². The minimum atomic E-state index is -0.283. The Hall–Kier alpha value is -2.99. The third-order valence-electron chi connectivity index (χ3n) is 4.76. The molecule has 144 valence electrons. The number of carbonyl (C=O) groups excluding carboxylic acids is 2. The second-order valence-electron chi connectivity index (χ2n) is 6.59. The third kappa shape index (κ3) is 3.82. The van der Waals surface area contributed by atoms with E-state index in [0.717, 1.165) is 36.1 Å². The summed E-state index contributed by atoms with van der Waals surface area (Å²) in [6.07, 6.45) is 6.09. The van der Waals surface area contributed by atoms with Gasteiger partial charge in [-0.1, -0.05) is 12.1 Å². The van der Waals surface area contributed by atoms with Crippen LogP contribution in [-0.4, -0.2) is 24.5 Å². The molecule has 28 heavy (non-hydrogen) atoms. The number of hydrogen-bond acceptors (Lipinski definition) is 4. The van der Waals surface area contributed by atoms with Crippen molar-refractivity contribution in [2.45, 2.75) is 19.3 Å². The van der Waals surface area contributed by atoms with Crippen LogP contribution in [0.5, 0.6) is 11.5 Å². The van der Waals surface area contributed by atoms with E-state index in [1.807, 2.05) is 12.1 Å². The van der Waals surface area contributed by atoms with Crippen molar-refractivity contribution in [3.05, 3.63) is 53.1 Å². The monoisotopic (exact) mass is 398 g/mol. The second-order valence-corrected chi connectivity index (χ2v) is 6.86. The summed E-state index contributed by atoms with van der Waals surface area (Å²) >= 11 is 5.65. The molecule has 1 aliphatic carbocycles. The average molecular weight is 399 g/mol. The van der Waals surface area contributed by atoms with Gasteiger partial charge >= 0.3 is 0 Å². The van der Waals surface area contributed by atoms with Crippen LogP contribution in [0, 0.1) is 0 Å². The van der Waals surface area contributed by atoms with Gasteiger partial charge in [0.1, 0.15) is 5.88 Å². The van der Waals surface area contributed by atoms with E-state index in [9.17, 15) is 9.59 Å². The van der Waals surface area contributed by atoms with Crippen molar-refractivity contribution >= 4 is 40.9 Å². The molecule has 2 amide bonds. The number of hydrogen-bond donors (Lipinski definition) is 2. The molecule has 0 bridgehead atoms. The number of nitrogens with one attached hydrogen (secondary N) is 2. The van der Waals surface area contributed by atoms with Crippen LogP contribution < -0.4 is 20.1 Å². The Morgan fingerprint density at radius 3 is 2.79 bits per heavy atom. The van der Waals surface area contributed by atoms with Gasteiger partial charge in [-0.25, -0.2) is 0 Å². The molecule has 4 rings (SSSR count). The van der Waals surface area contributed by atoms with Crippen LogP contribution in [0.4, 0.5) is 11.4 Å². The quantitative estimate of drug-likeness (QED) is 0.594. The molecule has 1 aliphatic heterocycles. The average Bonchev–Trinajstić information content (AvgIpc) is 3.35. The Kier molecular flexibility index (Phi) is 5.21. The third-order valence-corrected chi connectivity index (χ3v) is 5.00. The molecule has 0 fully saturated rings. The van der Waals surface area contributed by atoms with Crippen LogP contribution in [0.1, 0.15) is 23.1 Å². The number of fused-ring (bicyclic) bond motifs is 2. The van der Waals surface area contributed by atoms with Crippen LogP contribution in [-0.2, 0) is 22.4 Å². The first-order chi connectivity index (χ1) is 13.6. The molecule has 7 heteroatoms. The van der Waals surface area contributed by atoms with Crippen molar-refractivity contribution in [3.8, 4) is 11.5 Å². The highest BCUT2D eigenvalue weighted by molar-refractivity contribution is 6.29. The Morgan fingerprint density at radius 2 is 1.93 bits per heavy atom. The molecule has 2 aliphatic rings. The summed E-state index contributed by atoms with van der Waals surface area (Å²) in [4.78, 5) is 24.2. The normalized spacial score (nSPS) is 14.2. The predicted octanol–water partition coefficient (Wildman–Crippen LogP) is 3.73. The van der Waals surface area contributed by atoms with Crippen molar-refractivity contribution in [2.75, 3.05) is 23.3 Å². The number of benzene rings is 2. The Morgan fingerprint density at radius 1 is 1.07 bits per heavy atom. The number of anilines is 2. The molecular weight excluding hydrogens is 380 g/mol. The van der Waals surface area contributed by atoms with E-state index in [2.05, 4.69) is 10.6 Å². The molecule has 0 saturated carbocycles. The molecule has 2 aromatic carbocycles.